The lowest BCUT2D eigenvalue weighted by atomic mass is 9.82. The zero-order valence-electron chi connectivity index (χ0n) is 8.28. The molecule has 2 saturated carbocycles. The van der Waals surface area contributed by atoms with E-state index in [1.807, 2.05) is 0 Å². The van der Waals surface area contributed by atoms with Crippen molar-refractivity contribution in [2.45, 2.75) is 47.0 Å². The molecule has 0 N–H and O–H groups in total. The van der Waals surface area contributed by atoms with E-state index >= 15 is 0 Å². The summed E-state index contributed by atoms with van der Waals surface area (Å²) < 4.78 is 0. The average Bonchev–Trinajstić information content (AvgIpc) is 2.22. The first-order valence-corrected chi connectivity index (χ1v) is 4.96. The highest BCUT2D eigenvalue weighted by molar-refractivity contribution is 5.14. The minimum atomic E-state index is 0.569. The minimum absolute atomic E-state index is 0.569. The van der Waals surface area contributed by atoms with E-state index in [9.17, 15) is 0 Å². The number of hydrogen-bond acceptors (Lipinski definition) is 0. The van der Waals surface area contributed by atoms with Gasteiger partial charge in [-0.3, -0.25) is 0 Å². The molecule has 0 spiro atoms. The van der Waals surface area contributed by atoms with E-state index in [1.165, 1.54) is 19.3 Å². The second kappa shape index (κ2) is 1.84. The van der Waals surface area contributed by atoms with Crippen LogP contribution in [0.3, 0.4) is 0 Å². The van der Waals surface area contributed by atoms with Gasteiger partial charge < -0.3 is 0 Å². The van der Waals surface area contributed by atoms with Crippen molar-refractivity contribution >= 4 is 0 Å². The lowest BCUT2D eigenvalue weighted by molar-refractivity contribution is 0.268. The first-order chi connectivity index (χ1) is 4.96. The van der Waals surface area contributed by atoms with Crippen LogP contribution in [0.4, 0.5) is 0 Å². The summed E-state index contributed by atoms with van der Waals surface area (Å²) in [4.78, 5) is 0. The van der Waals surface area contributed by atoms with Gasteiger partial charge in [0.2, 0.25) is 0 Å². The molecule has 0 aromatic rings. The van der Waals surface area contributed by atoms with Crippen molar-refractivity contribution < 1.29 is 0 Å². The first-order valence-electron chi connectivity index (χ1n) is 4.96. The van der Waals surface area contributed by atoms with E-state index in [0.29, 0.717) is 5.41 Å². The van der Waals surface area contributed by atoms with Crippen molar-refractivity contribution in [2.24, 2.45) is 22.7 Å². The van der Waals surface area contributed by atoms with Crippen molar-refractivity contribution in [3.63, 3.8) is 0 Å². The standard InChI is InChI=1S/C11H20/c1-10(2,3)9-8-6-5-7-11(8,9)4/h8-9H,5-7H2,1-4H3. The zero-order chi connectivity index (χ0) is 8.28. The highest BCUT2D eigenvalue weighted by Gasteiger charge is 2.66. The molecular weight excluding hydrogens is 132 g/mol. The third-order valence-corrected chi connectivity index (χ3v) is 4.01. The molecule has 0 bridgehead atoms. The maximum Gasteiger partial charge on any atom is -0.0258 e. The van der Waals surface area contributed by atoms with Crippen LogP contribution in [0.2, 0.25) is 0 Å². The van der Waals surface area contributed by atoms with Gasteiger partial charge in [-0.1, -0.05) is 34.1 Å². The molecule has 3 atom stereocenters. The molecule has 0 heterocycles. The third-order valence-electron chi connectivity index (χ3n) is 4.01. The van der Waals surface area contributed by atoms with E-state index in [0.717, 1.165) is 17.3 Å². The molecule has 3 unspecified atom stereocenters. The Morgan fingerprint density at radius 3 is 2.18 bits per heavy atom. The van der Waals surface area contributed by atoms with Crippen LogP contribution >= 0.6 is 0 Å². The monoisotopic (exact) mass is 152 g/mol. The predicted molar refractivity (Wildman–Crippen MR) is 48.4 cm³/mol. The summed E-state index contributed by atoms with van der Waals surface area (Å²) in [6.07, 6.45) is 4.51. The highest BCUT2D eigenvalue weighted by Crippen LogP contribution is 2.73. The Hall–Kier alpha value is 0. The molecule has 0 amide bonds. The van der Waals surface area contributed by atoms with E-state index in [2.05, 4.69) is 27.7 Å². The number of fused-ring (bicyclic) bond motifs is 1. The molecule has 2 fully saturated rings. The van der Waals surface area contributed by atoms with Gasteiger partial charge in [-0.15, -0.1) is 0 Å². The second-order valence-electron chi connectivity index (χ2n) is 5.85. The molecule has 2 aliphatic rings. The van der Waals surface area contributed by atoms with E-state index < -0.39 is 0 Å². The molecule has 0 aromatic heterocycles. The van der Waals surface area contributed by atoms with E-state index in [4.69, 9.17) is 0 Å². The Morgan fingerprint density at radius 2 is 1.91 bits per heavy atom. The molecule has 2 aliphatic carbocycles. The topological polar surface area (TPSA) is 0 Å². The fourth-order valence-electron chi connectivity index (χ4n) is 3.79. The van der Waals surface area contributed by atoms with Crippen LogP contribution in [-0.2, 0) is 0 Å². The van der Waals surface area contributed by atoms with Crippen LogP contribution in [0, 0.1) is 22.7 Å². The Balaban J connectivity index is 2.13. The summed E-state index contributed by atoms with van der Waals surface area (Å²) in [7, 11) is 0. The van der Waals surface area contributed by atoms with Gasteiger partial charge in [0, 0.05) is 0 Å². The van der Waals surface area contributed by atoms with Gasteiger partial charge in [0.05, 0.1) is 0 Å². The number of rotatable bonds is 0. The normalized spacial score (nSPS) is 49.1. The summed E-state index contributed by atoms with van der Waals surface area (Å²) in [5.41, 5.74) is 1.33. The molecule has 0 aliphatic heterocycles. The molecular formula is C11H20. The SMILES string of the molecule is CC(C)(C)C1C2CCCC21C. The number of hydrogen-bond donors (Lipinski definition) is 0. The van der Waals surface area contributed by atoms with Crippen LogP contribution in [0.15, 0.2) is 0 Å². The Kier molecular flexibility index (Phi) is 1.28. The fourth-order valence-corrected chi connectivity index (χ4v) is 3.79. The zero-order valence-corrected chi connectivity index (χ0v) is 8.28. The van der Waals surface area contributed by atoms with Crippen LogP contribution in [0.25, 0.3) is 0 Å². The van der Waals surface area contributed by atoms with E-state index in [-0.39, 0.29) is 0 Å². The quantitative estimate of drug-likeness (QED) is 0.498. The van der Waals surface area contributed by atoms with Crippen LogP contribution in [0.1, 0.15) is 47.0 Å². The molecule has 0 nitrogen and oxygen atoms in total. The lowest BCUT2D eigenvalue weighted by Crippen LogP contribution is -2.14. The Bertz CT molecular complexity index is 175. The summed E-state index contributed by atoms with van der Waals surface area (Å²) in [5, 5.41) is 0. The van der Waals surface area contributed by atoms with Gasteiger partial charge in [0.25, 0.3) is 0 Å². The van der Waals surface area contributed by atoms with Crippen molar-refractivity contribution in [3.8, 4) is 0 Å². The lowest BCUT2D eigenvalue weighted by Gasteiger charge is -2.23. The van der Waals surface area contributed by atoms with Gasteiger partial charge in [0.1, 0.15) is 0 Å². The maximum absolute atomic E-state index is 2.50. The largest absolute Gasteiger partial charge is 0.0599 e. The molecule has 0 aromatic carbocycles. The van der Waals surface area contributed by atoms with Gasteiger partial charge in [-0.05, 0) is 35.5 Å². The van der Waals surface area contributed by atoms with Gasteiger partial charge >= 0.3 is 0 Å². The molecule has 11 heavy (non-hydrogen) atoms. The predicted octanol–water partition coefficient (Wildman–Crippen LogP) is 3.47. The van der Waals surface area contributed by atoms with Crippen molar-refractivity contribution in [1.82, 2.24) is 0 Å². The third kappa shape index (κ3) is 0.878. The van der Waals surface area contributed by atoms with E-state index in [1.54, 1.807) is 0 Å². The summed E-state index contributed by atoms with van der Waals surface area (Å²) in [6.45, 7) is 9.71. The van der Waals surface area contributed by atoms with Crippen LogP contribution in [0.5, 0.6) is 0 Å². The molecule has 2 rings (SSSR count). The Labute approximate surface area is 70.4 Å². The molecule has 0 heteroatoms. The molecule has 0 saturated heterocycles. The van der Waals surface area contributed by atoms with Gasteiger partial charge in [0.15, 0.2) is 0 Å². The van der Waals surface area contributed by atoms with Crippen molar-refractivity contribution in [3.05, 3.63) is 0 Å². The van der Waals surface area contributed by atoms with Crippen molar-refractivity contribution in [1.29, 1.82) is 0 Å². The molecule has 0 radical (unpaired) electrons. The van der Waals surface area contributed by atoms with Crippen molar-refractivity contribution in [2.75, 3.05) is 0 Å². The second-order valence-corrected chi connectivity index (χ2v) is 5.85. The van der Waals surface area contributed by atoms with Gasteiger partial charge in [-0.25, -0.2) is 0 Å². The molecule has 64 valence electrons. The smallest absolute Gasteiger partial charge is 0.0258 e. The van der Waals surface area contributed by atoms with Crippen LogP contribution in [-0.4, -0.2) is 0 Å². The fraction of sp³-hybridized carbons (Fsp3) is 1.00. The maximum atomic E-state index is 2.50. The summed E-state index contributed by atoms with van der Waals surface area (Å²) in [5.74, 6) is 2.12. The minimum Gasteiger partial charge on any atom is -0.0599 e. The van der Waals surface area contributed by atoms with Gasteiger partial charge in [-0.2, -0.15) is 0 Å². The Morgan fingerprint density at radius 1 is 1.27 bits per heavy atom. The highest BCUT2D eigenvalue weighted by atomic mass is 14.7. The summed E-state index contributed by atoms with van der Waals surface area (Å²) >= 11 is 0. The first kappa shape index (κ1) is 7.64. The average molecular weight is 152 g/mol. The van der Waals surface area contributed by atoms with Crippen LogP contribution < -0.4 is 0 Å². The summed E-state index contributed by atoms with van der Waals surface area (Å²) in [6, 6.07) is 0.